The Hall–Kier alpha value is -0.900. The van der Waals surface area contributed by atoms with Crippen molar-refractivity contribution in [2.45, 2.75) is 39.8 Å². The van der Waals surface area contributed by atoms with Crippen molar-refractivity contribution in [3.63, 3.8) is 0 Å². The molecule has 1 aromatic rings. The molecule has 0 aliphatic carbocycles. The molecule has 1 N–H and O–H groups in total. The maximum absolute atomic E-state index is 10.4. The van der Waals surface area contributed by atoms with E-state index in [2.05, 4.69) is 55.7 Å². The molecule has 1 fully saturated rings. The molecular formula is C17H28N2O. The molecule has 1 aromatic carbocycles. The van der Waals surface area contributed by atoms with Crippen LogP contribution in [0.5, 0.6) is 0 Å². The molecule has 3 heteroatoms. The van der Waals surface area contributed by atoms with Crippen molar-refractivity contribution in [1.82, 2.24) is 9.80 Å². The minimum Gasteiger partial charge on any atom is -0.387 e. The Bertz CT molecular complexity index is 416. The van der Waals surface area contributed by atoms with Crippen LogP contribution >= 0.6 is 0 Å². The number of rotatable bonds is 4. The van der Waals surface area contributed by atoms with Crippen LogP contribution in [0.4, 0.5) is 0 Å². The van der Waals surface area contributed by atoms with Crippen molar-refractivity contribution < 1.29 is 5.11 Å². The zero-order chi connectivity index (χ0) is 14.7. The summed E-state index contributed by atoms with van der Waals surface area (Å²) in [4.78, 5) is 4.88. The first-order valence-corrected chi connectivity index (χ1v) is 7.68. The number of aliphatic hydroxyl groups is 1. The fourth-order valence-electron chi connectivity index (χ4n) is 3.01. The van der Waals surface area contributed by atoms with Gasteiger partial charge >= 0.3 is 0 Å². The van der Waals surface area contributed by atoms with Crippen LogP contribution in [0.15, 0.2) is 18.2 Å². The van der Waals surface area contributed by atoms with Crippen LogP contribution in [-0.4, -0.2) is 53.7 Å². The number of aliphatic hydroxyl groups excluding tert-OH is 1. The standard InChI is InChI=1S/C17H28N2O/c1-13(2)19-7-5-18(6-8-19)12-17(20)16-10-14(3)9-15(4)11-16/h9-11,13,17,20H,5-8,12H2,1-4H3. The quantitative estimate of drug-likeness (QED) is 0.914. The third kappa shape index (κ3) is 4.05. The maximum Gasteiger partial charge on any atom is 0.0917 e. The van der Waals surface area contributed by atoms with E-state index in [-0.39, 0.29) is 6.10 Å². The topological polar surface area (TPSA) is 26.7 Å². The van der Waals surface area contributed by atoms with Crippen LogP contribution in [0.2, 0.25) is 0 Å². The van der Waals surface area contributed by atoms with Crippen molar-refractivity contribution in [3.05, 3.63) is 34.9 Å². The second-order valence-electron chi connectivity index (χ2n) is 6.37. The van der Waals surface area contributed by atoms with E-state index in [1.807, 2.05) is 0 Å². The van der Waals surface area contributed by atoms with Gasteiger partial charge in [0.2, 0.25) is 0 Å². The van der Waals surface area contributed by atoms with Gasteiger partial charge in [-0.25, -0.2) is 0 Å². The molecule has 1 aliphatic rings. The number of aryl methyl sites for hydroxylation is 2. The summed E-state index contributed by atoms with van der Waals surface area (Å²) in [6.07, 6.45) is -0.376. The van der Waals surface area contributed by atoms with E-state index in [0.29, 0.717) is 6.04 Å². The Balaban J connectivity index is 1.90. The summed E-state index contributed by atoms with van der Waals surface area (Å²) in [6.45, 7) is 13.7. The molecule has 2 rings (SSSR count). The highest BCUT2D eigenvalue weighted by molar-refractivity contribution is 5.30. The van der Waals surface area contributed by atoms with Crippen molar-refractivity contribution >= 4 is 0 Å². The summed E-state index contributed by atoms with van der Waals surface area (Å²) in [5.41, 5.74) is 3.50. The van der Waals surface area contributed by atoms with Crippen LogP contribution in [0, 0.1) is 13.8 Å². The summed E-state index contributed by atoms with van der Waals surface area (Å²) >= 11 is 0. The van der Waals surface area contributed by atoms with Gasteiger partial charge in [-0.2, -0.15) is 0 Å². The van der Waals surface area contributed by atoms with Crippen LogP contribution in [0.3, 0.4) is 0 Å². The predicted molar refractivity (Wildman–Crippen MR) is 84.0 cm³/mol. The molecular weight excluding hydrogens is 248 g/mol. The van der Waals surface area contributed by atoms with E-state index >= 15 is 0 Å². The molecule has 0 aromatic heterocycles. The third-order valence-corrected chi connectivity index (χ3v) is 4.20. The second-order valence-corrected chi connectivity index (χ2v) is 6.37. The lowest BCUT2D eigenvalue weighted by molar-refractivity contribution is 0.0620. The molecule has 112 valence electrons. The molecule has 0 amide bonds. The summed E-state index contributed by atoms with van der Waals surface area (Å²) in [5.74, 6) is 0. The average molecular weight is 276 g/mol. The highest BCUT2D eigenvalue weighted by Crippen LogP contribution is 2.19. The van der Waals surface area contributed by atoms with E-state index in [0.717, 1.165) is 38.3 Å². The maximum atomic E-state index is 10.4. The van der Waals surface area contributed by atoms with Gasteiger partial charge < -0.3 is 5.11 Å². The molecule has 1 atom stereocenters. The third-order valence-electron chi connectivity index (χ3n) is 4.20. The molecule has 1 aliphatic heterocycles. The molecule has 1 unspecified atom stereocenters. The Morgan fingerprint density at radius 3 is 2.05 bits per heavy atom. The first-order chi connectivity index (χ1) is 9.45. The molecule has 1 saturated heterocycles. The van der Waals surface area contributed by atoms with Crippen LogP contribution in [0.1, 0.15) is 36.6 Å². The van der Waals surface area contributed by atoms with E-state index in [1.165, 1.54) is 11.1 Å². The fourth-order valence-corrected chi connectivity index (χ4v) is 3.01. The highest BCUT2D eigenvalue weighted by atomic mass is 16.3. The lowest BCUT2D eigenvalue weighted by atomic mass is 10.0. The van der Waals surface area contributed by atoms with Crippen LogP contribution < -0.4 is 0 Å². The molecule has 1 heterocycles. The zero-order valence-corrected chi connectivity index (χ0v) is 13.3. The van der Waals surface area contributed by atoms with Gasteiger partial charge in [0.05, 0.1) is 6.10 Å². The Labute approximate surface area is 123 Å². The van der Waals surface area contributed by atoms with Gasteiger partial charge in [0.15, 0.2) is 0 Å². The summed E-state index contributed by atoms with van der Waals surface area (Å²) < 4.78 is 0. The van der Waals surface area contributed by atoms with Crippen LogP contribution in [0.25, 0.3) is 0 Å². The number of benzene rings is 1. The van der Waals surface area contributed by atoms with E-state index in [9.17, 15) is 5.11 Å². The first kappa shape index (κ1) is 15.5. The molecule has 0 bridgehead atoms. The normalized spacial score (nSPS) is 19.5. The monoisotopic (exact) mass is 276 g/mol. The van der Waals surface area contributed by atoms with Crippen molar-refractivity contribution in [2.24, 2.45) is 0 Å². The van der Waals surface area contributed by atoms with Crippen LogP contribution in [-0.2, 0) is 0 Å². The predicted octanol–water partition coefficient (Wildman–Crippen LogP) is 2.36. The van der Waals surface area contributed by atoms with Gasteiger partial charge in [-0.05, 0) is 33.3 Å². The molecule has 20 heavy (non-hydrogen) atoms. The summed E-state index contributed by atoms with van der Waals surface area (Å²) in [6, 6.07) is 6.98. The Morgan fingerprint density at radius 1 is 1.00 bits per heavy atom. The minimum absolute atomic E-state index is 0.376. The van der Waals surface area contributed by atoms with E-state index < -0.39 is 0 Å². The average Bonchev–Trinajstić information content (AvgIpc) is 2.38. The lowest BCUT2D eigenvalue weighted by Gasteiger charge is -2.37. The van der Waals surface area contributed by atoms with Gasteiger partial charge in [-0.1, -0.05) is 29.3 Å². The minimum atomic E-state index is -0.376. The SMILES string of the molecule is Cc1cc(C)cc(C(O)CN2CCN(C(C)C)CC2)c1. The van der Waals surface area contributed by atoms with Gasteiger partial charge in [0.1, 0.15) is 0 Å². The second kappa shape index (κ2) is 6.70. The molecule has 0 spiro atoms. The summed E-state index contributed by atoms with van der Waals surface area (Å²) in [7, 11) is 0. The smallest absolute Gasteiger partial charge is 0.0917 e. The molecule has 3 nitrogen and oxygen atoms in total. The van der Waals surface area contributed by atoms with Crippen molar-refractivity contribution in [1.29, 1.82) is 0 Å². The van der Waals surface area contributed by atoms with Gasteiger partial charge in [0.25, 0.3) is 0 Å². The Morgan fingerprint density at radius 2 is 1.55 bits per heavy atom. The first-order valence-electron chi connectivity index (χ1n) is 7.68. The number of hydrogen-bond donors (Lipinski definition) is 1. The fraction of sp³-hybridized carbons (Fsp3) is 0.647. The largest absolute Gasteiger partial charge is 0.387 e. The van der Waals surface area contributed by atoms with Gasteiger partial charge in [-0.3, -0.25) is 9.80 Å². The van der Waals surface area contributed by atoms with Gasteiger partial charge in [0, 0.05) is 38.8 Å². The molecule has 0 radical (unpaired) electrons. The van der Waals surface area contributed by atoms with Crippen molar-refractivity contribution in [3.8, 4) is 0 Å². The Kier molecular flexibility index (Phi) is 5.19. The highest BCUT2D eigenvalue weighted by Gasteiger charge is 2.21. The van der Waals surface area contributed by atoms with Gasteiger partial charge in [-0.15, -0.1) is 0 Å². The number of hydrogen-bond acceptors (Lipinski definition) is 3. The lowest BCUT2D eigenvalue weighted by Crippen LogP contribution is -2.49. The number of β-amino-alcohol motifs (C(OH)–C–C–N with tert-alkyl or cyclic N) is 1. The van der Waals surface area contributed by atoms with E-state index in [1.54, 1.807) is 0 Å². The number of nitrogens with zero attached hydrogens (tertiary/aromatic N) is 2. The van der Waals surface area contributed by atoms with E-state index in [4.69, 9.17) is 0 Å². The summed E-state index contributed by atoms with van der Waals surface area (Å²) in [5, 5.41) is 10.4. The zero-order valence-electron chi connectivity index (χ0n) is 13.3. The molecule has 0 saturated carbocycles. The number of piperazine rings is 1. The van der Waals surface area contributed by atoms with Crippen molar-refractivity contribution in [2.75, 3.05) is 32.7 Å².